The van der Waals surface area contributed by atoms with Gasteiger partial charge in [-0.25, -0.2) is 0 Å². The maximum Gasteiger partial charge on any atom is 0.253 e. The Labute approximate surface area is 115 Å². The summed E-state index contributed by atoms with van der Waals surface area (Å²) < 4.78 is 0. The van der Waals surface area contributed by atoms with Gasteiger partial charge in [-0.2, -0.15) is 0 Å². The van der Waals surface area contributed by atoms with Crippen LogP contribution in [0.2, 0.25) is 0 Å². The smallest absolute Gasteiger partial charge is 0.253 e. The summed E-state index contributed by atoms with van der Waals surface area (Å²) in [6, 6.07) is 5.59. The quantitative estimate of drug-likeness (QED) is 0.819. The molecule has 0 atom stereocenters. The molecule has 0 heterocycles. The molecule has 1 saturated carbocycles. The summed E-state index contributed by atoms with van der Waals surface area (Å²) >= 11 is 0. The molecule has 1 fully saturated rings. The predicted molar refractivity (Wildman–Crippen MR) is 79.1 cm³/mol. The summed E-state index contributed by atoms with van der Waals surface area (Å²) in [7, 11) is 0. The van der Waals surface area contributed by atoms with Crippen LogP contribution in [-0.2, 0) is 0 Å². The van der Waals surface area contributed by atoms with Crippen LogP contribution in [0.15, 0.2) is 18.2 Å². The highest BCUT2D eigenvalue weighted by Crippen LogP contribution is 2.35. The molecule has 0 aromatic heterocycles. The molecule has 1 aromatic rings. The second-order valence-corrected chi connectivity index (χ2v) is 6.09. The lowest BCUT2D eigenvalue weighted by Gasteiger charge is -2.33. The summed E-state index contributed by atoms with van der Waals surface area (Å²) in [5, 5.41) is 3.07. The Morgan fingerprint density at radius 3 is 2.63 bits per heavy atom. The molecule has 104 valence electrons. The van der Waals surface area contributed by atoms with E-state index in [1.807, 2.05) is 19.1 Å². The summed E-state index contributed by atoms with van der Waals surface area (Å²) in [5.41, 5.74) is 8.28. The Morgan fingerprint density at radius 2 is 2.00 bits per heavy atom. The molecule has 3 heteroatoms. The minimum absolute atomic E-state index is 0.0394. The number of aryl methyl sites for hydroxylation is 1. The van der Waals surface area contributed by atoms with Gasteiger partial charge in [-0.05, 0) is 36.8 Å². The zero-order valence-electron chi connectivity index (χ0n) is 12.0. The Morgan fingerprint density at radius 1 is 1.32 bits per heavy atom. The highest BCUT2D eigenvalue weighted by molar-refractivity contribution is 6.00. The van der Waals surface area contributed by atoms with Crippen molar-refractivity contribution in [1.29, 1.82) is 0 Å². The average Bonchev–Trinajstić information content (AvgIpc) is 2.37. The second kappa shape index (κ2) is 5.64. The van der Waals surface area contributed by atoms with E-state index in [2.05, 4.69) is 12.2 Å². The normalized spacial score (nSPS) is 18.0. The molecule has 19 heavy (non-hydrogen) atoms. The first-order chi connectivity index (χ1) is 9.02. The summed E-state index contributed by atoms with van der Waals surface area (Å²) in [4.78, 5) is 12.3. The van der Waals surface area contributed by atoms with E-state index in [1.165, 1.54) is 32.1 Å². The number of hydrogen-bond donors (Lipinski definition) is 2. The van der Waals surface area contributed by atoms with Crippen LogP contribution >= 0.6 is 0 Å². The summed E-state index contributed by atoms with van der Waals surface area (Å²) in [6.07, 6.45) is 6.29. The third-order valence-corrected chi connectivity index (χ3v) is 4.27. The number of carbonyl (C=O) groups excluding carboxylic acids is 1. The van der Waals surface area contributed by atoms with E-state index in [9.17, 15) is 4.79 Å². The van der Waals surface area contributed by atoms with Crippen molar-refractivity contribution in [2.75, 3.05) is 12.3 Å². The zero-order valence-corrected chi connectivity index (χ0v) is 12.0. The van der Waals surface area contributed by atoms with Crippen LogP contribution in [0.4, 0.5) is 5.69 Å². The Kier molecular flexibility index (Phi) is 4.13. The third-order valence-electron chi connectivity index (χ3n) is 4.27. The lowest BCUT2D eigenvalue weighted by atomic mass is 9.75. The van der Waals surface area contributed by atoms with Gasteiger partial charge in [-0.15, -0.1) is 0 Å². The highest BCUT2D eigenvalue weighted by Gasteiger charge is 2.27. The van der Waals surface area contributed by atoms with Crippen LogP contribution in [0.5, 0.6) is 0 Å². The Balaban J connectivity index is 2.01. The standard InChI is InChI=1S/C16H24N2O/c1-12-7-6-8-13(17)14(12)15(19)18-11-16(2)9-4-3-5-10-16/h6-8H,3-5,9-11,17H2,1-2H3,(H,18,19). The maximum absolute atomic E-state index is 12.3. The Bertz CT molecular complexity index is 442. The van der Waals surface area contributed by atoms with E-state index in [0.717, 1.165) is 12.1 Å². The van der Waals surface area contributed by atoms with Crippen molar-refractivity contribution in [2.45, 2.75) is 46.0 Å². The summed E-state index contributed by atoms with van der Waals surface area (Å²) in [6.45, 7) is 4.95. The van der Waals surface area contributed by atoms with Gasteiger partial charge < -0.3 is 11.1 Å². The van der Waals surface area contributed by atoms with Crippen LogP contribution < -0.4 is 11.1 Å². The molecular formula is C16H24N2O. The second-order valence-electron chi connectivity index (χ2n) is 6.09. The molecule has 3 N–H and O–H groups in total. The van der Waals surface area contributed by atoms with Crippen molar-refractivity contribution in [3.63, 3.8) is 0 Å². The number of nitrogens with two attached hydrogens (primary N) is 1. The van der Waals surface area contributed by atoms with Crippen LogP contribution in [0.1, 0.15) is 54.9 Å². The molecule has 1 amide bonds. The number of rotatable bonds is 3. The number of anilines is 1. The fourth-order valence-corrected chi connectivity index (χ4v) is 2.96. The zero-order chi connectivity index (χ0) is 13.9. The van der Waals surface area contributed by atoms with Gasteiger partial charge in [-0.1, -0.05) is 38.3 Å². The first-order valence-electron chi connectivity index (χ1n) is 7.15. The first-order valence-corrected chi connectivity index (χ1v) is 7.15. The van der Waals surface area contributed by atoms with Gasteiger partial charge >= 0.3 is 0 Å². The molecule has 0 radical (unpaired) electrons. The summed E-state index contributed by atoms with van der Waals surface area (Å²) in [5.74, 6) is -0.0394. The fourth-order valence-electron chi connectivity index (χ4n) is 2.96. The largest absolute Gasteiger partial charge is 0.398 e. The molecule has 0 bridgehead atoms. The number of benzene rings is 1. The van der Waals surface area contributed by atoms with Crippen molar-refractivity contribution in [3.8, 4) is 0 Å². The minimum atomic E-state index is -0.0394. The lowest BCUT2D eigenvalue weighted by molar-refractivity contribution is 0.0919. The maximum atomic E-state index is 12.3. The highest BCUT2D eigenvalue weighted by atomic mass is 16.1. The van der Waals surface area contributed by atoms with E-state index in [1.54, 1.807) is 6.07 Å². The lowest BCUT2D eigenvalue weighted by Crippen LogP contribution is -2.37. The van der Waals surface area contributed by atoms with Gasteiger partial charge in [0.15, 0.2) is 0 Å². The van der Waals surface area contributed by atoms with E-state index in [-0.39, 0.29) is 11.3 Å². The van der Waals surface area contributed by atoms with Crippen molar-refractivity contribution < 1.29 is 4.79 Å². The molecule has 0 saturated heterocycles. The molecule has 1 aliphatic rings. The fraction of sp³-hybridized carbons (Fsp3) is 0.562. The number of carbonyl (C=O) groups is 1. The van der Waals surface area contributed by atoms with Gasteiger partial charge in [0, 0.05) is 12.2 Å². The Hall–Kier alpha value is -1.51. The molecule has 1 aliphatic carbocycles. The van der Waals surface area contributed by atoms with E-state index < -0.39 is 0 Å². The molecule has 0 unspecified atom stereocenters. The SMILES string of the molecule is Cc1cccc(N)c1C(=O)NCC1(C)CCCCC1. The first kappa shape index (κ1) is 13.9. The number of nitrogens with one attached hydrogen (secondary N) is 1. The predicted octanol–water partition coefficient (Wildman–Crippen LogP) is 3.28. The van der Waals surface area contributed by atoms with Gasteiger partial charge in [0.05, 0.1) is 5.56 Å². The van der Waals surface area contributed by atoms with Gasteiger partial charge in [0.1, 0.15) is 0 Å². The molecular weight excluding hydrogens is 236 g/mol. The van der Waals surface area contributed by atoms with Crippen LogP contribution in [-0.4, -0.2) is 12.5 Å². The van der Waals surface area contributed by atoms with Gasteiger partial charge in [0.2, 0.25) is 0 Å². The molecule has 0 aliphatic heterocycles. The van der Waals surface area contributed by atoms with Crippen LogP contribution in [0.3, 0.4) is 0 Å². The molecule has 1 aromatic carbocycles. The molecule has 3 nitrogen and oxygen atoms in total. The van der Waals surface area contributed by atoms with Crippen molar-refractivity contribution in [2.24, 2.45) is 5.41 Å². The number of amides is 1. The van der Waals surface area contributed by atoms with Gasteiger partial charge in [-0.3, -0.25) is 4.79 Å². The van der Waals surface area contributed by atoms with Crippen LogP contribution in [0, 0.1) is 12.3 Å². The van der Waals surface area contributed by atoms with Gasteiger partial charge in [0.25, 0.3) is 5.91 Å². The van der Waals surface area contributed by atoms with E-state index in [4.69, 9.17) is 5.73 Å². The number of nitrogen functional groups attached to an aromatic ring is 1. The molecule has 0 spiro atoms. The topological polar surface area (TPSA) is 55.1 Å². The number of hydrogen-bond acceptors (Lipinski definition) is 2. The van der Waals surface area contributed by atoms with Crippen LogP contribution in [0.25, 0.3) is 0 Å². The van der Waals surface area contributed by atoms with Crippen molar-refractivity contribution in [3.05, 3.63) is 29.3 Å². The monoisotopic (exact) mass is 260 g/mol. The van der Waals surface area contributed by atoms with Crippen molar-refractivity contribution >= 4 is 11.6 Å². The van der Waals surface area contributed by atoms with E-state index >= 15 is 0 Å². The third kappa shape index (κ3) is 3.28. The molecule has 2 rings (SSSR count). The van der Waals surface area contributed by atoms with Crippen molar-refractivity contribution in [1.82, 2.24) is 5.32 Å². The minimum Gasteiger partial charge on any atom is -0.398 e. The van der Waals surface area contributed by atoms with E-state index in [0.29, 0.717) is 11.3 Å². The average molecular weight is 260 g/mol.